The first-order valence-electron chi connectivity index (χ1n) is 11.1. The third-order valence-corrected chi connectivity index (χ3v) is 6.63. The predicted octanol–water partition coefficient (Wildman–Crippen LogP) is 7.77. The molecule has 30 heavy (non-hydrogen) atoms. The maximum Gasteiger partial charge on any atom is 0.0972 e. The minimum absolute atomic E-state index is 0.777. The molecule has 2 aromatic carbocycles. The van der Waals surface area contributed by atoms with Crippen molar-refractivity contribution in [3.05, 3.63) is 80.8 Å². The van der Waals surface area contributed by atoms with E-state index in [-0.39, 0.29) is 0 Å². The molecule has 3 rings (SSSR count). The molecule has 160 valence electrons. The lowest BCUT2D eigenvalue weighted by atomic mass is 10.1. The molecule has 0 atom stereocenters. The fourth-order valence-corrected chi connectivity index (χ4v) is 4.58. The molecule has 0 saturated carbocycles. The lowest BCUT2D eigenvalue weighted by Gasteiger charge is -2.19. The third-order valence-electron chi connectivity index (χ3n) is 5.48. The van der Waals surface area contributed by atoms with Gasteiger partial charge in [-0.3, -0.25) is 0 Å². The molecule has 0 bridgehead atoms. The molecule has 0 N–H and O–H groups in total. The van der Waals surface area contributed by atoms with E-state index >= 15 is 0 Å². The van der Waals surface area contributed by atoms with E-state index in [0.717, 1.165) is 30.1 Å². The summed E-state index contributed by atoms with van der Waals surface area (Å²) >= 11 is 7.72. The molecule has 0 radical (unpaired) electrons. The minimum Gasteiger partial charge on any atom is -0.375 e. The topological polar surface area (TPSA) is 16.1 Å². The number of thiazole rings is 1. The monoisotopic (exact) mass is 440 g/mol. The lowest BCUT2D eigenvalue weighted by Crippen LogP contribution is -2.18. The Hall–Kier alpha value is -1.84. The number of unbranched alkanes of at least 4 members (excludes halogenated alkanes) is 5. The molecule has 0 unspecified atom stereocenters. The van der Waals surface area contributed by atoms with E-state index in [1.165, 1.54) is 60.3 Å². The van der Waals surface area contributed by atoms with Crippen LogP contribution in [0, 0.1) is 0 Å². The lowest BCUT2D eigenvalue weighted by molar-refractivity contribution is 0.606. The van der Waals surface area contributed by atoms with Gasteiger partial charge in [0, 0.05) is 42.5 Å². The van der Waals surface area contributed by atoms with E-state index in [4.69, 9.17) is 16.6 Å². The molecular formula is C26H33ClN2S. The van der Waals surface area contributed by atoms with Gasteiger partial charge < -0.3 is 4.90 Å². The first kappa shape index (κ1) is 22.8. The molecule has 3 aromatic rings. The first-order chi connectivity index (χ1) is 14.6. The van der Waals surface area contributed by atoms with Gasteiger partial charge in [-0.1, -0.05) is 74.9 Å². The summed E-state index contributed by atoms with van der Waals surface area (Å²) < 4.78 is 0. The van der Waals surface area contributed by atoms with Crippen LogP contribution >= 0.6 is 22.9 Å². The van der Waals surface area contributed by atoms with Crippen molar-refractivity contribution in [2.45, 2.75) is 58.3 Å². The van der Waals surface area contributed by atoms with Gasteiger partial charge in [0.15, 0.2) is 0 Å². The molecule has 0 amide bonds. The van der Waals surface area contributed by atoms with Gasteiger partial charge in [-0.05, 0) is 41.8 Å². The summed E-state index contributed by atoms with van der Waals surface area (Å²) in [6.45, 7) is 3.40. The summed E-state index contributed by atoms with van der Waals surface area (Å²) in [7, 11) is 2.20. The standard InChI is InChI=1S/C26H33ClN2S/c1-3-4-5-6-7-8-17-29(2)25-15-11-22(12-16-25)19-26-28-24(20-30-26)18-21-9-13-23(27)14-10-21/h9-16,20H,3-8,17-19H2,1-2H3. The van der Waals surface area contributed by atoms with Crippen LogP contribution < -0.4 is 4.90 Å². The van der Waals surface area contributed by atoms with Crippen LogP contribution in [0.25, 0.3) is 0 Å². The second kappa shape index (κ2) is 12.1. The van der Waals surface area contributed by atoms with E-state index < -0.39 is 0 Å². The van der Waals surface area contributed by atoms with Crippen molar-refractivity contribution in [3.8, 4) is 0 Å². The highest BCUT2D eigenvalue weighted by Crippen LogP contribution is 2.21. The number of benzene rings is 2. The van der Waals surface area contributed by atoms with Crippen molar-refractivity contribution in [1.29, 1.82) is 0 Å². The molecular weight excluding hydrogens is 408 g/mol. The molecule has 0 aliphatic heterocycles. The molecule has 0 aliphatic rings. The molecule has 0 saturated heterocycles. The highest BCUT2D eigenvalue weighted by molar-refractivity contribution is 7.09. The van der Waals surface area contributed by atoms with Crippen LogP contribution in [0.2, 0.25) is 5.02 Å². The number of halogens is 1. The number of hydrogen-bond donors (Lipinski definition) is 0. The van der Waals surface area contributed by atoms with Gasteiger partial charge in [0.25, 0.3) is 0 Å². The van der Waals surface area contributed by atoms with E-state index in [1.807, 2.05) is 12.1 Å². The summed E-state index contributed by atoms with van der Waals surface area (Å²) in [5, 5.41) is 4.12. The van der Waals surface area contributed by atoms with Crippen molar-refractivity contribution in [2.24, 2.45) is 0 Å². The quantitative estimate of drug-likeness (QED) is 0.267. The van der Waals surface area contributed by atoms with E-state index in [0.29, 0.717) is 0 Å². The van der Waals surface area contributed by atoms with Crippen LogP contribution in [0.3, 0.4) is 0 Å². The third kappa shape index (κ3) is 7.45. The van der Waals surface area contributed by atoms with Crippen molar-refractivity contribution in [3.63, 3.8) is 0 Å². The van der Waals surface area contributed by atoms with Gasteiger partial charge in [0.05, 0.1) is 10.7 Å². The number of anilines is 1. The van der Waals surface area contributed by atoms with Crippen LogP contribution in [-0.4, -0.2) is 18.6 Å². The second-order valence-corrected chi connectivity index (χ2v) is 9.45. The van der Waals surface area contributed by atoms with E-state index in [9.17, 15) is 0 Å². The van der Waals surface area contributed by atoms with Gasteiger partial charge in [-0.2, -0.15) is 0 Å². The normalized spacial score (nSPS) is 11.0. The largest absolute Gasteiger partial charge is 0.375 e. The van der Waals surface area contributed by atoms with E-state index in [1.54, 1.807) is 11.3 Å². The SMILES string of the molecule is CCCCCCCCN(C)c1ccc(Cc2nc(Cc3ccc(Cl)cc3)cs2)cc1. The van der Waals surface area contributed by atoms with Crippen LogP contribution in [0.1, 0.15) is 67.3 Å². The highest BCUT2D eigenvalue weighted by atomic mass is 35.5. The fourth-order valence-electron chi connectivity index (χ4n) is 3.62. The number of aromatic nitrogens is 1. The minimum atomic E-state index is 0.777. The van der Waals surface area contributed by atoms with Gasteiger partial charge in [-0.15, -0.1) is 11.3 Å². The Labute approximate surface area is 190 Å². The van der Waals surface area contributed by atoms with Gasteiger partial charge in [-0.25, -0.2) is 4.98 Å². The van der Waals surface area contributed by atoms with Gasteiger partial charge in [0.2, 0.25) is 0 Å². The Morgan fingerprint density at radius 1 is 0.833 bits per heavy atom. The Balaban J connectivity index is 1.46. The van der Waals surface area contributed by atoms with Crippen LogP contribution in [-0.2, 0) is 12.8 Å². The van der Waals surface area contributed by atoms with Crippen LogP contribution in [0.4, 0.5) is 5.69 Å². The first-order valence-corrected chi connectivity index (χ1v) is 12.4. The fraction of sp³-hybridized carbons (Fsp3) is 0.423. The zero-order valence-corrected chi connectivity index (χ0v) is 19.8. The van der Waals surface area contributed by atoms with Gasteiger partial charge >= 0.3 is 0 Å². The molecule has 0 aliphatic carbocycles. The summed E-state index contributed by atoms with van der Waals surface area (Å²) in [6, 6.07) is 17.0. The summed E-state index contributed by atoms with van der Waals surface area (Å²) in [5.41, 5.74) is 5.00. The second-order valence-electron chi connectivity index (χ2n) is 8.07. The molecule has 2 nitrogen and oxygen atoms in total. The van der Waals surface area contributed by atoms with Gasteiger partial charge in [0.1, 0.15) is 0 Å². The average molecular weight is 441 g/mol. The van der Waals surface area contributed by atoms with Crippen LogP contribution in [0.5, 0.6) is 0 Å². The smallest absolute Gasteiger partial charge is 0.0972 e. The number of nitrogens with zero attached hydrogens (tertiary/aromatic N) is 2. The van der Waals surface area contributed by atoms with E-state index in [2.05, 4.69) is 60.6 Å². The summed E-state index contributed by atoms with van der Waals surface area (Å²) in [6.07, 6.45) is 9.81. The molecule has 4 heteroatoms. The molecule has 1 aromatic heterocycles. The molecule has 0 spiro atoms. The Morgan fingerprint density at radius 2 is 1.47 bits per heavy atom. The Bertz CT molecular complexity index is 871. The zero-order chi connectivity index (χ0) is 21.2. The maximum absolute atomic E-state index is 5.97. The zero-order valence-electron chi connectivity index (χ0n) is 18.2. The van der Waals surface area contributed by atoms with Crippen molar-refractivity contribution in [1.82, 2.24) is 4.98 Å². The Kier molecular flexibility index (Phi) is 9.23. The van der Waals surface area contributed by atoms with Crippen molar-refractivity contribution < 1.29 is 0 Å². The van der Waals surface area contributed by atoms with Crippen LogP contribution in [0.15, 0.2) is 53.9 Å². The number of hydrogen-bond acceptors (Lipinski definition) is 3. The Morgan fingerprint density at radius 3 is 2.20 bits per heavy atom. The number of rotatable bonds is 12. The van der Waals surface area contributed by atoms with Crippen molar-refractivity contribution >= 4 is 28.6 Å². The molecule has 1 heterocycles. The summed E-state index contributed by atoms with van der Waals surface area (Å²) in [4.78, 5) is 7.20. The maximum atomic E-state index is 5.97. The summed E-state index contributed by atoms with van der Waals surface area (Å²) in [5.74, 6) is 0. The predicted molar refractivity (Wildman–Crippen MR) is 132 cm³/mol. The average Bonchev–Trinajstić information content (AvgIpc) is 3.19. The molecule has 0 fully saturated rings. The van der Waals surface area contributed by atoms with Crippen molar-refractivity contribution in [2.75, 3.05) is 18.5 Å². The highest BCUT2D eigenvalue weighted by Gasteiger charge is 2.06.